The third-order valence-electron chi connectivity index (χ3n) is 9.42. The summed E-state index contributed by atoms with van der Waals surface area (Å²) < 4.78 is 18.7. The van der Waals surface area contributed by atoms with Crippen LogP contribution in [0, 0.1) is 0 Å². The molecule has 2 aliphatic carbocycles. The minimum absolute atomic E-state index is 0.0502. The van der Waals surface area contributed by atoms with Gasteiger partial charge in [-0.05, 0) is 79.5 Å². The molecule has 0 aromatic heterocycles. The highest BCUT2D eigenvalue weighted by molar-refractivity contribution is 6.74. The van der Waals surface area contributed by atoms with Gasteiger partial charge >= 0.3 is 0 Å². The summed E-state index contributed by atoms with van der Waals surface area (Å²) in [5.74, 6) is 0. The van der Waals surface area contributed by atoms with Crippen LogP contribution in [0.1, 0.15) is 80.1 Å². The van der Waals surface area contributed by atoms with E-state index in [0.717, 1.165) is 44.1 Å². The van der Waals surface area contributed by atoms with E-state index in [2.05, 4.69) is 80.9 Å². The van der Waals surface area contributed by atoms with Gasteiger partial charge in [-0.3, -0.25) is 0 Å². The Hall–Kier alpha value is 0.0338. The molecule has 1 spiro atoms. The van der Waals surface area contributed by atoms with Crippen LogP contribution in [0.4, 0.5) is 0 Å². The Morgan fingerprint density at radius 1 is 0.925 bits per heavy atom. The molecular weight excluding hydrogens is 579 g/mol. The predicted octanol–water partition coefficient (Wildman–Crippen LogP) is 8.70. The maximum Gasteiger partial charge on any atom is 0.192 e. The molecule has 40 heavy (non-hydrogen) atoms. The molecule has 5 nitrogen and oxygen atoms in total. The number of rotatable bonds is 6. The number of epoxide rings is 1. The summed E-state index contributed by atoms with van der Waals surface area (Å²) in [6.45, 7) is 31.2. The van der Waals surface area contributed by atoms with Gasteiger partial charge < -0.3 is 23.8 Å². The Bertz CT molecular complexity index is 876. The third kappa shape index (κ3) is 10.3. The monoisotopic (exact) mass is 636 g/mol. The van der Waals surface area contributed by atoms with Gasteiger partial charge in [-0.2, -0.15) is 0 Å². The SMILES string of the molecule is C=C1CCC(O[Si](C)(C)C(C)(C)C)C/C1=C/CO.C=C1CCC(O[Si](C)(C)C(C)(C)C)CC12OC2CO.ClCCl. The molecule has 2 saturated carbocycles. The van der Waals surface area contributed by atoms with E-state index >= 15 is 0 Å². The van der Waals surface area contributed by atoms with E-state index in [1.54, 1.807) is 0 Å². The van der Waals surface area contributed by atoms with Crippen LogP contribution in [-0.4, -0.2) is 69.3 Å². The average molecular weight is 638 g/mol. The first-order valence-electron chi connectivity index (χ1n) is 14.6. The highest BCUT2D eigenvalue weighted by atomic mass is 35.5. The van der Waals surface area contributed by atoms with Crippen LogP contribution in [-0.2, 0) is 13.6 Å². The maximum atomic E-state index is 9.29. The fraction of sp³-hybridized carbons (Fsp3) is 0.806. The minimum atomic E-state index is -1.73. The van der Waals surface area contributed by atoms with Crippen molar-refractivity contribution in [2.75, 3.05) is 18.6 Å². The number of allylic oxidation sites excluding steroid dienone is 1. The number of aliphatic hydroxyl groups excluding tert-OH is 2. The second-order valence-electron chi connectivity index (χ2n) is 14.4. The molecule has 2 N–H and O–H groups in total. The molecule has 1 aliphatic heterocycles. The number of halogens is 2. The Kier molecular flexibility index (Phi) is 14.4. The van der Waals surface area contributed by atoms with Gasteiger partial charge in [0.15, 0.2) is 16.6 Å². The van der Waals surface area contributed by atoms with Crippen LogP contribution < -0.4 is 0 Å². The highest BCUT2D eigenvalue weighted by Crippen LogP contribution is 2.52. The van der Waals surface area contributed by atoms with E-state index in [-0.39, 0.29) is 46.4 Å². The average Bonchev–Trinajstić information content (AvgIpc) is 3.51. The summed E-state index contributed by atoms with van der Waals surface area (Å²) in [6.07, 6.45) is 8.20. The van der Waals surface area contributed by atoms with E-state index < -0.39 is 16.6 Å². The summed E-state index contributed by atoms with van der Waals surface area (Å²) in [6, 6.07) is 0. The lowest BCUT2D eigenvalue weighted by Gasteiger charge is -2.41. The second-order valence-corrected chi connectivity index (χ2v) is 24.7. The lowest BCUT2D eigenvalue weighted by Crippen LogP contribution is -2.46. The predicted molar refractivity (Wildman–Crippen MR) is 177 cm³/mol. The zero-order valence-corrected chi connectivity index (χ0v) is 30.5. The van der Waals surface area contributed by atoms with Crippen molar-refractivity contribution in [3.8, 4) is 0 Å². The first-order valence-corrected chi connectivity index (χ1v) is 21.5. The molecule has 0 bridgehead atoms. The van der Waals surface area contributed by atoms with E-state index in [1.807, 2.05) is 6.08 Å². The zero-order valence-electron chi connectivity index (χ0n) is 27.0. The molecule has 1 heterocycles. The second kappa shape index (κ2) is 15.2. The van der Waals surface area contributed by atoms with Crippen molar-refractivity contribution < 1.29 is 23.8 Å². The van der Waals surface area contributed by atoms with E-state index in [0.29, 0.717) is 6.10 Å². The Morgan fingerprint density at radius 3 is 1.82 bits per heavy atom. The number of hydrogen-bond acceptors (Lipinski definition) is 5. The smallest absolute Gasteiger partial charge is 0.192 e. The first kappa shape index (κ1) is 38.1. The quantitative estimate of drug-likeness (QED) is 0.132. The van der Waals surface area contributed by atoms with Crippen LogP contribution in [0.5, 0.6) is 0 Å². The summed E-state index contributed by atoms with van der Waals surface area (Å²) in [5.41, 5.74) is 3.22. The summed E-state index contributed by atoms with van der Waals surface area (Å²) in [5, 5.41) is 19.0. The summed E-state index contributed by atoms with van der Waals surface area (Å²) in [7, 11) is -3.42. The van der Waals surface area contributed by atoms with Gasteiger partial charge in [0.1, 0.15) is 11.7 Å². The molecule has 3 aliphatic rings. The molecule has 0 aromatic carbocycles. The highest BCUT2D eigenvalue weighted by Gasteiger charge is 2.60. The van der Waals surface area contributed by atoms with Crippen molar-refractivity contribution in [2.45, 2.75) is 140 Å². The van der Waals surface area contributed by atoms with Gasteiger partial charge in [0, 0.05) is 18.6 Å². The zero-order chi connectivity index (χ0) is 31.2. The Morgan fingerprint density at radius 2 is 1.40 bits per heavy atom. The van der Waals surface area contributed by atoms with Gasteiger partial charge in [0.05, 0.1) is 18.6 Å². The number of aliphatic hydroxyl groups is 2. The van der Waals surface area contributed by atoms with Gasteiger partial charge in [0.25, 0.3) is 0 Å². The van der Waals surface area contributed by atoms with Gasteiger partial charge in [-0.1, -0.05) is 66.3 Å². The molecule has 234 valence electrons. The van der Waals surface area contributed by atoms with Crippen molar-refractivity contribution in [1.29, 1.82) is 0 Å². The van der Waals surface area contributed by atoms with Crippen LogP contribution in [0.3, 0.4) is 0 Å². The topological polar surface area (TPSA) is 71.5 Å². The third-order valence-corrected chi connectivity index (χ3v) is 18.5. The van der Waals surface area contributed by atoms with Crippen molar-refractivity contribution in [3.05, 3.63) is 36.0 Å². The molecule has 4 atom stereocenters. The lowest BCUT2D eigenvalue weighted by atomic mass is 9.81. The molecule has 0 aromatic rings. The Balaban J connectivity index is 0.000000365. The van der Waals surface area contributed by atoms with Crippen molar-refractivity contribution >= 4 is 39.8 Å². The first-order chi connectivity index (χ1) is 18.2. The molecule has 4 unspecified atom stereocenters. The van der Waals surface area contributed by atoms with Crippen LogP contribution >= 0.6 is 23.2 Å². The maximum absolute atomic E-state index is 9.29. The molecule has 9 heteroatoms. The van der Waals surface area contributed by atoms with E-state index in [9.17, 15) is 5.11 Å². The molecule has 1 saturated heterocycles. The van der Waals surface area contributed by atoms with E-state index in [4.69, 9.17) is 41.9 Å². The largest absolute Gasteiger partial charge is 0.414 e. The minimum Gasteiger partial charge on any atom is -0.414 e. The van der Waals surface area contributed by atoms with Crippen LogP contribution in [0.2, 0.25) is 36.3 Å². The molecule has 3 fully saturated rings. The molecular formula is C31H58Cl2O5Si2. The molecule has 0 radical (unpaired) electrons. The summed E-state index contributed by atoms with van der Waals surface area (Å²) in [4.78, 5) is 0. The number of ether oxygens (including phenoxy) is 1. The van der Waals surface area contributed by atoms with E-state index in [1.165, 1.54) is 11.1 Å². The van der Waals surface area contributed by atoms with Gasteiger partial charge in [-0.25, -0.2) is 0 Å². The summed E-state index contributed by atoms with van der Waals surface area (Å²) >= 11 is 9.53. The number of alkyl halides is 2. The standard InChI is InChI=1S/C15H28O3Si.C15H28O2Si.CH2Cl2/c1-11-7-8-12(9-15(11)13(10-16)17-15)18-19(5,6)14(2,3)4;1-12-7-8-14(11-13(12)9-10-16)17-18(5,6)15(2,3)4;2-1-3/h12-13,16H,1,7-10H2,2-6H3;9,14,16H,1,7-8,10-11H2,2-6H3;1H2/b;13-9-;. The van der Waals surface area contributed by atoms with Crippen molar-refractivity contribution in [2.24, 2.45) is 0 Å². The van der Waals surface area contributed by atoms with Crippen molar-refractivity contribution in [1.82, 2.24) is 0 Å². The number of hydrogen-bond donors (Lipinski definition) is 2. The van der Waals surface area contributed by atoms with Gasteiger partial charge in [0.2, 0.25) is 0 Å². The van der Waals surface area contributed by atoms with Crippen LogP contribution in [0.15, 0.2) is 36.0 Å². The fourth-order valence-corrected chi connectivity index (χ4v) is 7.52. The van der Waals surface area contributed by atoms with Crippen molar-refractivity contribution in [3.63, 3.8) is 0 Å². The lowest BCUT2D eigenvalue weighted by molar-refractivity contribution is 0.114. The molecule has 3 rings (SSSR count). The van der Waals surface area contributed by atoms with Crippen LogP contribution in [0.25, 0.3) is 0 Å². The normalized spacial score (nSPS) is 28.6. The Labute approximate surface area is 257 Å². The molecule has 0 amide bonds. The fourth-order valence-electron chi connectivity index (χ4n) is 4.74. The van der Waals surface area contributed by atoms with Gasteiger partial charge in [-0.15, -0.1) is 23.2 Å².